The molecule has 0 spiro atoms. The molecule has 114 valence electrons. The van der Waals surface area contributed by atoms with E-state index in [-0.39, 0.29) is 11.4 Å². The molecule has 0 atom stereocenters. The molecule has 6 heteroatoms. The fraction of sp³-hybridized carbons (Fsp3) is 0.188. The maximum atomic E-state index is 12.6. The van der Waals surface area contributed by atoms with E-state index in [4.69, 9.17) is 10.00 Å². The topological polar surface area (TPSA) is 70.4 Å². The summed E-state index contributed by atoms with van der Waals surface area (Å²) in [6.07, 6.45) is 0. The van der Waals surface area contributed by atoms with Crippen molar-refractivity contribution >= 4 is 10.0 Å². The quantitative estimate of drug-likeness (QED) is 0.849. The first-order chi connectivity index (χ1) is 10.5. The lowest BCUT2D eigenvalue weighted by atomic mass is 10.2. The van der Waals surface area contributed by atoms with E-state index in [0.717, 1.165) is 5.56 Å². The van der Waals surface area contributed by atoms with Gasteiger partial charge in [0.05, 0.1) is 23.6 Å². The zero-order valence-corrected chi connectivity index (χ0v) is 13.2. The Bertz CT molecular complexity index is 810. The summed E-state index contributed by atoms with van der Waals surface area (Å²) in [7, 11) is -0.622. The van der Waals surface area contributed by atoms with Crippen LogP contribution in [0.15, 0.2) is 53.4 Å². The summed E-state index contributed by atoms with van der Waals surface area (Å²) < 4.78 is 31.6. The third-order valence-corrected chi connectivity index (χ3v) is 5.06. The lowest BCUT2D eigenvalue weighted by Gasteiger charge is -2.18. The van der Waals surface area contributed by atoms with Crippen molar-refractivity contribution in [2.24, 2.45) is 0 Å². The molecule has 2 aromatic carbocycles. The number of hydrogen-bond donors (Lipinski definition) is 0. The Morgan fingerprint density at radius 3 is 2.59 bits per heavy atom. The third-order valence-electron chi connectivity index (χ3n) is 3.26. The van der Waals surface area contributed by atoms with Crippen LogP contribution in [-0.4, -0.2) is 26.9 Å². The molecular weight excluding hydrogens is 300 g/mol. The van der Waals surface area contributed by atoms with Crippen molar-refractivity contribution in [1.29, 1.82) is 5.26 Å². The van der Waals surface area contributed by atoms with Gasteiger partial charge in [0.2, 0.25) is 10.0 Å². The molecule has 22 heavy (non-hydrogen) atoms. The zero-order chi connectivity index (χ0) is 16.2. The predicted molar refractivity (Wildman–Crippen MR) is 82.8 cm³/mol. The average molecular weight is 316 g/mol. The van der Waals surface area contributed by atoms with E-state index in [1.165, 1.54) is 23.5 Å². The second kappa shape index (κ2) is 6.60. The normalized spacial score (nSPS) is 11.2. The van der Waals surface area contributed by atoms with Crippen LogP contribution in [-0.2, 0) is 16.6 Å². The Morgan fingerprint density at radius 2 is 1.91 bits per heavy atom. The summed E-state index contributed by atoms with van der Waals surface area (Å²) in [4.78, 5) is 0.101. The van der Waals surface area contributed by atoms with Gasteiger partial charge in [-0.3, -0.25) is 0 Å². The minimum Gasteiger partial charge on any atom is -0.496 e. The molecule has 0 N–H and O–H groups in total. The first kappa shape index (κ1) is 16.0. The number of nitriles is 1. The lowest BCUT2D eigenvalue weighted by molar-refractivity contribution is 0.398. The van der Waals surface area contributed by atoms with Gasteiger partial charge in [-0.05, 0) is 24.3 Å². The van der Waals surface area contributed by atoms with E-state index in [1.807, 2.05) is 24.3 Å². The van der Waals surface area contributed by atoms with E-state index < -0.39 is 10.0 Å². The molecule has 0 saturated carbocycles. The number of sulfonamides is 1. The molecule has 0 bridgehead atoms. The van der Waals surface area contributed by atoms with E-state index in [1.54, 1.807) is 25.3 Å². The van der Waals surface area contributed by atoms with Crippen LogP contribution in [0.3, 0.4) is 0 Å². The van der Waals surface area contributed by atoms with Crippen molar-refractivity contribution in [2.45, 2.75) is 11.4 Å². The van der Waals surface area contributed by atoms with Crippen molar-refractivity contribution in [3.8, 4) is 11.8 Å². The number of benzene rings is 2. The van der Waals surface area contributed by atoms with Crippen molar-refractivity contribution < 1.29 is 13.2 Å². The highest BCUT2D eigenvalue weighted by Crippen LogP contribution is 2.22. The Hall–Kier alpha value is -2.36. The van der Waals surface area contributed by atoms with Crippen LogP contribution in [0, 0.1) is 11.3 Å². The minimum absolute atomic E-state index is 0.101. The van der Waals surface area contributed by atoms with Crippen LogP contribution in [0.5, 0.6) is 5.75 Å². The van der Waals surface area contributed by atoms with E-state index in [9.17, 15) is 8.42 Å². The van der Waals surface area contributed by atoms with E-state index in [0.29, 0.717) is 11.3 Å². The summed E-state index contributed by atoms with van der Waals surface area (Å²) >= 11 is 0. The van der Waals surface area contributed by atoms with Crippen LogP contribution in [0.4, 0.5) is 0 Å². The fourth-order valence-electron chi connectivity index (χ4n) is 2.06. The molecule has 0 unspecified atom stereocenters. The molecule has 2 rings (SSSR count). The van der Waals surface area contributed by atoms with Gasteiger partial charge < -0.3 is 4.74 Å². The van der Waals surface area contributed by atoms with Gasteiger partial charge >= 0.3 is 0 Å². The molecule has 0 aliphatic rings. The standard InChI is InChI=1S/C16H16N2O3S/c1-18(12-14-7-3-4-9-16(14)21-2)22(19,20)15-8-5-6-13(10-15)11-17/h3-10H,12H2,1-2H3. The minimum atomic E-state index is -3.67. The number of para-hydroxylation sites is 1. The predicted octanol–water partition coefficient (Wildman–Crippen LogP) is 2.39. The van der Waals surface area contributed by atoms with Gasteiger partial charge in [-0.1, -0.05) is 24.3 Å². The molecular formula is C16H16N2O3S. The van der Waals surface area contributed by atoms with Crippen LogP contribution in [0.2, 0.25) is 0 Å². The van der Waals surface area contributed by atoms with Crippen LogP contribution < -0.4 is 4.74 Å². The number of ether oxygens (including phenoxy) is 1. The van der Waals surface area contributed by atoms with Gasteiger partial charge in [0.1, 0.15) is 5.75 Å². The Morgan fingerprint density at radius 1 is 1.18 bits per heavy atom. The molecule has 5 nitrogen and oxygen atoms in total. The number of rotatable bonds is 5. The first-order valence-corrected chi connectivity index (χ1v) is 8.01. The van der Waals surface area contributed by atoms with Crippen LogP contribution in [0.1, 0.15) is 11.1 Å². The Kier molecular flexibility index (Phi) is 4.81. The van der Waals surface area contributed by atoms with Crippen molar-refractivity contribution in [1.82, 2.24) is 4.31 Å². The van der Waals surface area contributed by atoms with Gasteiger partial charge in [0.25, 0.3) is 0 Å². The van der Waals surface area contributed by atoms with E-state index >= 15 is 0 Å². The number of methoxy groups -OCH3 is 1. The maximum absolute atomic E-state index is 12.6. The molecule has 0 radical (unpaired) electrons. The molecule has 0 saturated heterocycles. The zero-order valence-electron chi connectivity index (χ0n) is 12.4. The number of hydrogen-bond acceptors (Lipinski definition) is 4. The SMILES string of the molecule is COc1ccccc1CN(C)S(=O)(=O)c1cccc(C#N)c1. The van der Waals surface area contributed by atoms with Crippen LogP contribution >= 0.6 is 0 Å². The highest BCUT2D eigenvalue weighted by Gasteiger charge is 2.22. The second-order valence-corrected chi connectivity index (χ2v) is 6.76. The van der Waals surface area contributed by atoms with Gasteiger partial charge in [0.15, 0.2) is 0 Å². The summed E-state index contributed by atoms with van der Waals surface area (Å²) in [5, 5.41) is 8.89. The van der Waals surface area contributed by atoms with Crippen molar-refractivity contribution in [3.05, 3.63) is 59.7 Å². The first-order valence-electron chi connectivity index (χ1n) is 6.57. The van der Waals surface area contributed by atoms with E-state index in [2.05, 4.69) is 0 Å². The van der Waals surface area contributed by atoms with Gasteiger partial charge in [-0.25, -0.2) is 8.42 Å². The fourth-order valence-corrected chi connectivity index (χ4v) is 3.26. The molecule has 0 amide bonds. The molecule has 0 aliphatic carbocycles. The van der Waals surface area contributed by atoms with Crippen molar-refractivity contribution in [3.63, 3.8) is 0 Å². The molecule has 0 fully saturated rings. The monoisotopic (exact) mass is 316 g/mol. The average Bonchev–Trinajstić information content (AvgIpc) is 2.55. The second-order valence-electron chi connectivity index (χ2n) is 4.71. The third kappa shape index (κ3) is 3.27. The maximum Gasteiger partial charge on any atom is 0.243 e. The highest BCUT2D eigenvalue weighted by molar-refractivity contribution is 7.89. The largest absolute Gasteiger partial charge is 0.496 e. The number of nitrogens with zero attached hydrogens (tertiary/aromatic N) is 2. The Balaban J connectivity index is 2.31. The summed E-state index contributed by atoms with van der Waals surface area (Å²) in [5.41, 5.74) is 1.08. The Labute approximate surface area is 130 Å². The highest BCUT2D eigenvalue weighted by atomic mass is 32.2. The summed E-state index contributed by atoms with van der Waals surface area (Å²) in [6, 6.07) is 15.2. The molecule has 0 aromatic heterocycles. The molecule has 0 heterocycles. The van der Waals surface area contributed by atoms with Crippen LogP contribution in [0.25, 0.3) is 0 Å². The summed E-state index contributed by atoms with van der Waals surface area (Å²) in [6.45, 7) is 0.184. The smallest absolute Gasteiger partial charge is 0.243 e. The molecule has 2 aromatic rings. The van der Waals surface area contributed by atoms with Gasteiger partial charge in [0, 0.05) is 19.2 Å². The van der Waals surface area contributed by atoms with Gasteiger partial charge in [-0.2, -0.15) is 9.57 Å². The van der Waals surface area contributed by atoms with Crippen molar-refractivity contribution in [2.75, 3.05) is 14.2 Å². The lowest BCUT2D eigenvalue weighted by Crippen LogP contribution is -2.26. The summed E-state index contributed by atoms with van der Waals surface area (Å²) in [5.74, 6) is 0.635. The van der Waals surface area contributed by atoms with Gasteiger partial charge in [-0.15, -0.1) is 0 Å². The molecule has 0 aliphatic heterocycles.